The van der Waals surface area contributed by atoms with E-state index in [9.17, 15) is 0 Å². The fourth-order valence-electron chi connectivity index (χ4n) is 0.788. The van der Waals surface area contributed by atoms with E-state index < -0.39 is 17.2 Å². The van der Waals surface area contributed by atoms with E-state index >= 15 is 0 Å². The minimum atomic E-state index is -0.709. The number of nitrogens with zero attached hydrogens (tertiary/aromatic N) is 1. The average molecular weight is 164 g/mol. The molecule has 0 aliphatic carbocycles. The molecule has 0 fully saturated rings. The van der Waals surface area contributed by atoms with Crippen LogP contribution in [0.5, 0.6) is 17.2 Å². The molecule has 1 radical (unpaired) electrons. The number of phenols is 3. The van der Waals surface area contributed by atoms with Crippen molar-refractivity contribution in [2.45, 2.75) is 0 Å². The molecule has 3 N–H and O–H groups in total. The molecule has 0 amide bonds. The monoisotopic (exact) mass is 164 g/mol. The zero-order valence-corrected chi connectivity index (χ0v) is 6.07. The molecule has 1 rings (SSSR count). The van der Waals surface area contributed by atoms with Crippen molar-refractivity contribution in [3.8, 4) is 23.3 Å². The molecule has 0 aliphatic rings. The summed E-state index contributed by atoms with van der Waals surface area (Å²) in [7, 11) is 0. The zero-order chi connectivity index (χ0) is 9.30. The van der Waals surface area contributed by atoms with Gasteiger partial charge in [0.25, 0.3) is 0 Å². The van der Waals surface area contributed by atoms with E-state index in [4.69, 9.17) is 20.6 Å². The van der Waals surface area contributed by atoms with Crippen LogP contribution >= 0.6 is 0 Å². The van der Waals surface area contributed by atoms with Crippen LogP contribution in [0.3, 0.4) is 0 Å². The lowest BCUT2D eigenvalue weighted by atomic mass is 10.1. The fraction of sp³-hybridized carbons (Fsp3) is 0. The highest BCUT2D eigenvalue weighted by atomic mass is 16.3. The molecular formula is C8H6NO3. The number of nitriles is 1. The second-order valence-electron chi connectivity index (χ2n) is 2.24. The molecule has 0 aromatic heterocycles. The van der Waals surface area contributed by atoms with E-state index in [1.807, 2.05) is 0 Å². The summed E-state index contributed by atoms with van der Waals surface area (Å²) in [5.41, 5.74) is -0.0165. The molecule has 0 aliphatic heterocycles. The summed E-state index contributed by atoms with van der Waals surface area (Å²) < 4.78 is 0. The number of aromatic hydroxyl groups is 3. The van der Waals surface area contributed by atoms with Crippen molar-refractivity contribution in [2.24, 2.45) is 0 Å². The first-order valence-electron chi connectivity index (χ1n) is 3.08. The number of hydrogen-bond donors (Lipinski definition) is 3. The smallest absolute Gasteiger partial charge is 0.201 e. The summed E-state index contributed by atoms with van der Waals surface area (Å²) in [4.78, 5) is 0. The van der Waals surface area contributed by atoms with Gasteiger partial charge in [-0.2, -0.15) is 5.26 Å². The van der Waals surface area contributed by atoms with E-state index in [2.05, 4.69) is 6.92 Å². The summed E-state index contributed by atoms with van der Waals surface area (Å²) in [5, 5.41) is 35.5. The minimum Gasteiger partial charge on any atom is -0.504 e. The van der Waals surface area contributed by atoms with Crippen molar-refractivity contribution in [1.82, 2.24) is 0 Å². The Morgan fingerprint density at radius 1 is 1.17 bits per heavy atom. The third-order valence-corrected chi connectivity index (χ3v) is 1.45. The number of benzene rings is 1. The van der Waals surface area contributed by atoms with E-state index in [0.717, 1.165) is 0 Å². The molecule has 12 heavy (non-hydrogen) atoms. The van der Waals surface area contributed by atoms with Crippen LogP contribution < -0.4 is 0 Å². The standard InChI is InChI=1S/C8H6NO3/c1-4-2-5(3-9)7(11)8(12)6(4)10/h2,10-12H,1H2. The number of hydrogen-bond acceptors (Lipinski definition) is 4. The Kier molecular flexibility index (Phi) is 1.80. The lowest BCUT2D eigenvalue weighted by Gasteiger charge is -2.04. The highest BCUT2D eigenvalue weighted by Gasteiger charge is 2.13. The lowest BCUT2D eigenvalue weighted by molar-refractivity contribution is 0.366. The second-order valence-corrected chi connectivity index (χ2v) is 2.24. The van der Waals surface area contributed by atoms with Crippen molar-refractivity contribution in [3.63, 3.8) is 0 Å². The van der Waals surface area contributed by atoms with Crippen LogP contribution in [0.4, 0.5) is 0 Å². The Balaban J connectivity index is 3.52. The van der Waals surface area contributed by atoms with Gasteiger partial charge in [-0.15, -0.1) is 0 Å². The van der Waals surface area contributed by atoms with Crippen LogP contribution in [0.25, 0.3) is 0 Å². The van der Waals surface area contributed by atoms with E-state index in [0.29, 0.717) is 0 Å². The summed E-state index contributed by atoms with van der Waals surface area (Å²) in [6.07, 6.45) is 0. The summed E-state index contributed by atoms with van der Waals surface area (Å²) in [6.45, 7) is 3.36. The maximum Gasteiger partial charge on any atom is 0.201 e. The van der Waals surface area contributed by atoms with Crippen molar-refractivity contribution in [1.29, 1.82) is 5.26 Å². The number of rotatable bonds is 0. The molecule has 1 aromatic rings. The van der Waals surface area contributed by atoms with Gasteiger partial charge in [-0.25, -0.2) is 0 Å². The van der Waals surface area contributed by atoms with Crippen molar-refractivity contribution in [2.75, 3.05) is 0 Å². The van der Waals surface area contributed by atoms with Crippen LogP contribution in [-0.2, 0) is 0 Å². The first-order valence-corrected chi connectivity index (χ1v) is 3.08. The summed E-state index contributed by atoms with van der Waals surface area (Å²) in [6, 6.07) is 2.83. The van der Waals surface area contributed by atoms with Crippen molar-refractivity contribution >= 4 is 0 Å². The predicted molar refractivity (Wildman–Crippen MR) is 40.6 cm³/mol. The maximum atomic E-state index is 9.04. The van der Waals surface area contributed by atoms with Gasteiger partial charge < -0.3 is 15.3 Å². The van der Waals surface area contributed by atoms with Gasteiger partial charge in [0.15, 0.2) is 11.5 Å². The molecular weight excluding hydrogens is 158 g/mol. The van der Waals surface area contributed by atoms with Crippen molar-refractivity contribution < 1.29 is 15.3 Å². The number of phenolic OH excluding ortho intramolecular Hbond substituents is 3. The van der Waals surface area contributed by atoms with Gasteiger partial charge >= 0.3 is 0 Å². The highest BCUT2D eigenvalue weighted by Crippen LogP contribution is 2.39. The quantitative estimate of drug-likeness (QED) is 0.496. The van der Waals surface area contributed by atoms with E-state index in [-0.39, 0.29) is 11.1 Å². The van der Waals surface area contributed by atoms with E-state index in [1.54, 1.807) is 6.07 Å². The fourth-order valence-corrected chi connectivity index (χ4v) is 0.788. The Morgan fingerprint density at radius 3 is 2.25 bits per heavy atom. The lowest BCUT2D eigenvalue weighted by Crippen LogP contribution is -1.82. The Hall–Kier alpha value is -1.89. The van der Waals surface area contributed by atoms with Crippen LogP contribution in [0.15, 0.2) is 6.07 Å². The molecule has 4 heteroatoms. The predicted octanol–water partition coefficient (Wildman–Crippen LogP) is 0.857. The van der Waals surface area contributed by atoms with Crippen molar-refractivity contribution in [3.05, 3.63) is 24.1 Å². The molecule has 0 saturated heterocycles. The Labute approximate surface area is 68.9 Å². The Morgan fingerprint density at radius 2 is 1.75 bits per heavy atom. The molecule has 0 heterocycles. The highest BCUT2D eigenvalue weighted by molar-refractivity contribution is 5.61. The second kappa shape index (κ2) is 2.62. The van der Waals surface area contributed by atoms with Crippen LogP contribution in [0.1, 0.15) is 11.1 Å². The van der Waals surface area contributed by atoms with Gasteiger partial charge in [0.1, 0.15) is 6.07 Å². The SMILES string of the molecule is [CH2]c1cc(C#N)c(O)c(O)c1O. The maximum absolute atomic E-state index is 9.04. The molecule has 0 spiro atoms. The average Bonchev–Trinajstić information content (AvgIpc) is 2.08. The molecule has 0 unspecified atom stereocenters. The Bertz CT molecular complexity index is 366. The molecule has 4 nitrogen and oxygen atoms in total. The molecule has 0 atom stereocenters. The van der Waals surface area contributed by atoms with Gasteiger partial charge in [0.2, 0.25) is 5.75 Å². The summed E-state index contributed by atoms with van der Waals surface area (Å²) >= 11 is 0. The first kappa shape index (κ1) is 8.21. The first-order chi connectivity index (χ1) is 5.57. The van der Waals surface area contributed by atoms with Gasteiger partial charge in [-0.3, -0.25) is 0 Å². The zero-order valence-electron chi connectivity index (χ0n) is 6.07. The normalized spacial score (nSPS) is 9.33. The molecule has 0 bridgehead atoms. The topological polar surface area (TPSA) is 84.5 Å². The minimum absolute atomic E-state index is 0.0989. The van der Waals surface area contributed by atoms with Crippen LogP contribution in [0.2, 0.25) is 0 Å². The van der Waals surface area contributed by atoms with Crippen LogP contribution in [0, 0.1) is 18.3 Å². The molecule has 1 aromatic carbocycles. The van der Waals surface area contributed by atoms with Gasteiger partial charge in [0, 0.05) is 0 Å². The summed E-state index contributed by atoms with van der Waals surface area (Å²) in [5.74, 6) is -1.84. The van der Waals surface area contributed by atoms with E-state index in [1.165, 1.54) is 6.07 Å². The van der Waals surface area contributed by atoms with Gasteiger partial charge in [0.05, 0.1) is 5.56 Å². The third kappa shape index (κ3) is 1.01. The molecule has 0 saturated carbocycles. The van der Waals surface area contributed by atoms with Crippen LogP contribution in [-0.4, -0.2) is 15.3 Å². The third-order valence-electron chi connectivity index (χ3n) is 1.45. The van der Waals surface area contributed by atoms with Gasteiger partial charge in [-0.1, -0.05) is 0 Å². The largest absolute Gasteiger partial charge is 0.504 e. The molecule has 61 valence electrons. The van der Waals surface area contributed by atoms with Gasteiger partial charge in [-0.05, 0) is 18.6 Å².